The fourth-order valence-corrected chi connectivity index (χ4v) is 9.49. The largest absolute Gasteiger partial charge is 0.459 e. The number of cyclic esters (lactones) is 1. The van der Waals surface area contributed by atoms with Gasteiger partial charge >= 0.3 is 17.9 Å². The highest BCUT2D eigenvalue weighted by Crippen LogP contribution is 2.42. The summed E-state index contributed by atoms with van der Waals surface area (Å²) in [6, 6.07) is -0.319. The van der Waals surface area contributed by atoms with Crippen molar-refractivity contribution in [2.24, 2.45) is 28.8 Å². The normalized spacial score (nSPS) is 43.9. The summed E-state index contributed by atoms with van der Waals surface area (Å²) in [6.45, 7) is 21.9. The van der Waals surface area contributed by atoms with Crippen molar-refractivity contribution < 1.29 is 72.4 Å². The fraction of sp³-hybridized carbons (Fsp3) is 0.909. The Bertz CT molecular complexity index is 1480. The second-order valence-electron chi connectivity index (χ2n) is 18.6. The molecule has 17 heteroatoms. The van der Waals surface area contributed by atoms with Gasteiger partial charge in [0.25, 0.3) is 0 Å². The third-order valence-electron chi connectivity index (χ3n) is 12.9. The third-order valence-corrected chi connectivity index (χ3v) is 12.9. The minimum Gasteiger partial charge on any atom is -0.459 e. The molecule has 354 valence electrons. The van der Waals surface area contributed by atoms with Crippen LogP contribution < -0.4 is 0 Å². The van der Waals surface area contributed by atoms with Crippen LogP contribution in [0.3, 0.4) is 0 Å². The molecule has 3 saturated heterocycles. The predicted molar refractivity (Wildman–Crippen MR) is 224 cm³/mol. The van der Waals surface area contributed by atoms with Crippen LogP contribution in [-0.2, 0) is 57.1 Å². The van der Waals surface area contributed by atoms with Gasteiger partial charge in [0, 0.05) is 45.1 Å². The standard InChI is InChI=1S/C44H78N2O15/c1-17-19-54-45-34-23(3)21-42(11,51)38(61-41-36(57-29(9)47)31(46(14)15)20-24(4)55-41)26(6)35(27(7)40(50)59-32(18-2)44(13,52)37(49)25(34)5)60-33-22-43(12,53-16)39(28(8)56-33)58-30(10)48/h23-28,31-33,35-39,41,49,51-52H,17-22H2,1-16H3/b45-34-/t23-,24-,25+,26+,27-,28+,31+,32-,33+,35+,36-,37-,38-,39+,41+,42+,43-,44-/m1/s1. The molecule has 3 aliphatic heterocycles. The lowest BCUT2D eigenvalue weighted by molar-refractivity contribution is -0.319. The van der Waals surface area contributed by atoms with E-state index in [0.29, 0.717) is 18.6 Å². The molecule has 0 aromatic rings. The Balaban J connectivity index is 2.30. The highest BCUT2D eigenvalue weighted by Gasteiger charge is 2.54. The number of ether oxygens (including phenoxy) is 8. The molecule has 3 rings (SSSR count). The Kier molecular flexibility index (Phi) is 19.0. The van der Waals surface area contributed by atoms with E-state index in [1.165, 1.54) is 27.9 Å². The van der Waals surface area contributed by atoms with E-state index in [9.17, 15) is 29.7 Å². The molecular weight excluding hydrogens is 796 g/mol. The van der Waals surface area contributed by atoms with Gasteiger partial charge in [-0.25, -0.2) is 0 Å². The number of carbonyl (C=O) groups excluding carboxylic acids is 3. The summed E-state index contributed by atoms with van der Waals surface area (Å²) >= 11 is 0. The summed E-state index contributed by atoms with van der Waals surface area (Å²) in [5.74, 6) is -5.18. The highest BCUT2D eigenvalue weighted by atomic mass is 16.7. The van der Waals surface area contributed by atoms with Crippen LogP contribution in [0.5, 0.6) is 0 Å². The van der Waals surface area contributed by atoms with Crippen LogP contribution >= 0.6 is 0 Å². The first-order valence-electron chi connectivity index (χ1n) is 22.0. The van der Waals surface area contributed by atoms with Crippen LogP contribution in [0.1, 0.15) is 122 Å². The first kappa shape index (κ1) is 52.9. The lowest BCUT2D eigenvalue weighted by atomic mass is 9.73. The number of esters is 3. The number of hydrogen-bond donors (Lipinski definition) is 3. The van der Waals surface area contributed by atoms with Crippen LogP contribution in [0.2, 0.25) is 0 Å². The second kappa shape index (κ2) is 21.9. The fourth-order valence-electron chi connectivity index (χ4n) is 9.49. The number of nitrogens with zero attached hydrogens (tertiary/aromatic N) is 2. The van der Waals surface area contributed by atoms with Crippen LogP contribution in [0.4, 0.5) is 0 Å². The van der Waals surface area contributed by atoms with Crippen molar-refractivity contribution in [3.05, 3.63) is 0 Å². The van der Waals surface area contributed by atoms with Crippen molar-refractivity contribution in [3.8, 4) is 0 Å². The summed E-state index contributed by atoms with van der Waals surface area (Å²) in [7, 11) is 5.25. The molecule has 0 bridgehead atoms. The Labute approximate surface area is 363 Å². The van der Waals surface area contributed by atoms with Gasteiger partial charge in [0.15, 0.2) is 24.8 Å². The van der Waals surface area contributed by atoms with E-state index < -0.39 is 114 Å². The van der Waals surface area contributed by atoms with E-state index in [-0.39, 0.29) is 38.0 Å². The number of likely N-dealkylation sites (N-methyl/N-ethyl adjacent to an activating group) is 1. The number of aliphatic hydroxyl groups excluding tert-OH is 1. The van der Waals surface area contributed by atoms with E-state index >= 15 is 0 Å². The summed E-state index contributed by atoms with van der Waals surface area (Å²) in [5, 5.41) is 41.3. The SMILES string of the molecule is CCCO/N=C1/[C@H](C)C[C@](C)(O)[C@H](O[C@@H]2O[C@H](C)C[C@H](N(C)C)[C@H]2OC(C)=O)[C@@H](C)[C@H](O[C@H]2C[C@@](C)(OC)[C@@H](OC(C)=O)[C@H](C)O2)[C@@H](C)C(=O)O[C@H](CC)[C@@](C)(O)[C@H](O)[C@H]1C. The topological polar surface area (TPSA) is 211 Å². The Morgan fingerprint density at radius 3 is 2.05 bits per heavy atom. The van der Waals surface area contributed by atoms with Gasteiger partial charge in [-0.05, 0) is 81.3 Å². The van der Waals surface area contributed by atoms with Gasteiger partial charge in [-0.3, -0.25) is 14.4 Å². The first-order valence-corrected chi connectivity index (χ1v) is 22.0. The molecule has 17 nitrogen and oxygen atoms in total. The molecule has 3 fully saturated rings. The molecule has 0 radical (unpaired) electrons. The van der Waals surface area contributed by atoms with E-state index in [4.69, 9.17) is 42.7 Å². The molecule has 0 saturated carbocycles. The smallest absolute Gasteiger partial charge is 0.311 e. The van der Waals surface area contributed by atoms with Crippen LogP contribution in [0.25, 0.3) is 0 Å². The van der Waals surface area contributed by atoms with Crippen molar-refractivity contribution in [2.45, 2.75) is 206 Å². The minimum atomic E-state index is -1.95. The molecule has 3 aliphatic rings. The number of aliphatic hydroxyl groups is 3. The Morgan fingerprint density at radius 1 is 0.885 bits per heavy atom. The maximum atomic E-state index is 14.5. The molecule has 18 atom stereocenters. The van der Waals surface area contributed by atoms with Crippen molar-refractivity contribution in [1.82, 2.24) is 4.90 Å². The van der Waals surface area contributed by atoms with Crippen molar-refractivity contribution in [2.75, 3.05) is 27.8 Å². The zero-order chi connectivity index (χ0) is 46.4. The Hall–Kier alpha value is -2.48. The molecule has 0 spiro atoms. The monoisotopic (exact) mass is 875 g/mol. The molecule has 0 aromatic heterocycles. The van der Waals surface area contributed by atoms with Gasteiger partial charge in [-0.15, -0.1) is 0 Å². The summed E-state index contributed by atoms with van der Waals surface area (Å²) in [6.07, 6.45) is -8.55. The maximum Gasteiger partial charge on any atom is 0.311 e. The van der Waals surface area contributed by atoms with Crippen molar-refractivity contribution >= 4 is 23.6 Å². The molecule has 0 aliphatic carbocycles. The van der Waals surface area contributed by atoms with E-state index in [0.717, 1.165) is 0 Å². The minimum absolute atomic E-state index is 0.0152. The van der Waals surface area contributed by atoms with E-state index in [1.54, 1.807) is 48.5 Å². The highest BCUT2D eigenvalue weighted by molar-refractivity contribution is 5.88. The zero-order valence-corrected chi connectivity index (χ0v) is 39.5. The van der Waals surface area contributed by atoms with Crippen LogP contribution in [-0.4, -0.2) is 156 Å². The summed E-state index contributed by atoms with van der Waals surface area (Å²) in [4.78, 5) is 46.8. The molecule has 0 aromatic carbocycles. The van der Waals surface area contributed by atoms with Gasteiger partial charge < -0.3 is 63.0 Å². The van der Waals surface area contributed by atoms with E-state index in [2.05, 4.69) is 5.16 Å². The number of hydrogen-bond acceptors (Lipinski definition) is 17. The molecule has 3 heterocycles. The van der Waals surface area contributed by atoms with Crippen molar-refractivity contribution in [3.63, 3.8) is 0 Å². The molecular formula is C44H78N2O15. The number of methoxy groups -OCH3 is 1. The summed E-state index contributed by atoms with van der Waals surface area (Å²) < 4.78 is 50.1. The lowest BCUT2D eigenvalue weighted by Gasteiger charge is -2.49. The first-order chi connectivity index (χ1) is 28.3. The van der Waals surface area contributed by atoms with Crippen LogP contribution in [0, 0.1) is 23.7 Å². The Morgan fingerprint density at radius 2 is 1.51 bits per heavy atom. The van der Waals surface area contributed by atoms with Crippen molar-refractivity contribution in [1.29, 1.82) is 0 Å². The maximum absolute atomic E-state index is 14.5. The average Bonchev–Trinajstić information content (AvgIpc) is 3.16. The average molecular weight is 875 g/mol. The van der Waals surface area contributed by atoms with Crippen LogP contribution in [0.15, 0.2) is 5.16 Å². The van der Waals surface area contributed by atoms with Gasteiger partial charge in [0.05, 0.1) is 53.8 Å². The third kappa shape index (κ3) is 12.8. The zero-order valence-electron chi connectivity index (χ0n) is 39.5. The number of rotatable bonds is 12. The molecule has 3 N–H and O–H groups in total. The number of carbonyl (C=O) groups is 3. The predicted octanol–water partition coefficient (Wildman–Crippen LogP) is 4.14. The molecule has 0 amide bonds. The van der Waals surface area contributed by atoms with Gasteiger partial charge in [-0.1, -0.05) is 39.8 Å². The summed E-state index contributed by atoms with van der Waals surface area (Å²) in [5.41, 5.74) is -4.43. The molecule has 61 heavy (non-hydrogen) atoms. The molecule has 0 unspecified atom stereocenters. The quantitative estimate of drug-likeness (QED) is 0.109. The second-order valence-corrected chi connectivity index (χ2v) is 18.6. The van der Waals surface area contributed by atoms with Gasteiger partial charge in [-0.2, -0.15) is 0 Å². The van der Waals surface area contributed by atoms with Gasteiger partial charge in [0.1, 0.15) is 23.9 Å². The lowest BCUT2D eigenvalue weighted by Crippen LogP contribution is -2.62. The number of oxime groups is 1. The van der Waals surface area contributed by atoms with Gasteiger partial charge in [0.2, 0.25) is 0 Å². The van der Waals surface area contributed by atoms with E-state index in [1.807, 2.05) is 39.8 Å².